The van der Waals surface area contributed by atoms with Crippen LogP contribution in [0.1, 0.15) is 0 Å². The first-order valence-corrected chi connectivity index (χ1v) is 2.33. The first-order valence-electron chi connectivity index (χ1n) is 2.33. The molecule has 0 aromatic heterocycles. The van der Waals surface area contributed by atoms with E-state index in [4.69, 9.17) is 5.11 Å². The van der Waals surface area contributed by atoms with Gasteiger partial charge in [0.2, 0.25) is 0 Å². The molecule has 0 aromatic rings. The molecule has 0 bridgehead atoms. The van der Waals surface area contributed by atoms with Crippen molar-refractivity contribution in [2.45, 2.75) is 12.3 Å². The molecule has 1 rings (SSSR count). The molecule has 2 N–H and O–H groups in total. The number of aliphatic hydroxyl groups excluding tert-OH is 1. The molecule has 1 aliphatic heterocycles. The van der Waals surface area contributed by atoms with E-state index < -0.39 is 12.3 Å². The summed E-state index contributed by atoms with van der Waals surface area (Å²) >= 11 is 0. The molecule has 1 saturated heterocycles. The van der Waals surface area contributed by atoms with Crippen molar-refractivity contribution in [1.82, 2.24) is 5.32 Å². The summed E-state index contributed by atoms with van der Waals surface area (Å²) < 4.78 is 12.0. The van der Waals surface area contributed by atoms with Crippen LogP contribution in [0.15, 0.2) is 0 Å². The molecule has 2 nitrogen and oxygen atoms in total. The highest BCUT2D eigenvalue weighted by Crippen LogP contribution is 2.01. The van der Waals surface area contributed by atoms with Crippen LogP contribution in [0.5, 0.6) is 0 Å². The van der Waals surface area contributed by atoms with Crippen LogP contribution in [0.2, 0.25) is 0 Å². The number of hydrogen-bond acceptors (Lipinski definition) is 2. The van der Waals surface area contributed by atoms with Crippen molar-refractivity contribution in [3.8, 4) is 0 Å². The average Bonchev–Trinajstić information content (AvgIpc) is 1.91. The van der Waals surface area contributed by atoms with Crippen molar-refractivity contribution in [3.63, 3.8) is 0 Å². The van der Waals surface area contributed by atoms with Crippen molar-refractivity contribution in [2.24, 2.45) is 0 Å². The first-order chi connectivity index (χ1) is 3.30. The van der Waals surface area contributed by atoms with E-state index in [0.29, 0.717) is 13.1 Å². The summed E-state index contributed by atoms with van der Waals surface area (Å²) in [6, 6.07) is 0. The van der Waals surface area contributed by atoms with E-state index in [1.54, 1.807) is 0 Å². The molecule has 1 aliphatic rings. The minimum Gasteiger partial charge on any atom is -0.389 e. The zero-order valence-electron chi connectivity index (χ0n) is 4.30. The Kier molecular flexibility index (Phi) is 3.28. The zero-order chi connectivity index (χ0) is 5.28. The Hall–Kier alpha value is 0.140. The molecular weight excluding hydrogens is 133 g/mol. The van der Waals surface area contributed by atoms with E-state index in [-0.39, 0.29) is 12.4 Å². The molecule has 50 valence electrons. The molecule has 0 aromatic carbocycles. The fraction of sp³-hybridized carbons (Fsp3) is 1.00. The molecule has 0 amide bonds. The SMILES string of the molecule is Cl.O[C@@H]1CNC[C@H]1F. The van der Waals surface area contributed by atoms with Gasteiger partial charge in [-0.05, 0) is 0 Å². The van der Waals surface area contributed by atoms with Crippen LogP contribution < -0.4 is 5.32 Å². The van der Waals surface area contributed by atoms with E-state index in [9.17, 15) is 4.39 Å². The number of β-amino-alcohol motifs (C(OH)–C–C–N with tert-alkyl or cyclic N) is 1. The molecule has 0 radical (unpaired) electrons. The highest BCUT2D eigenvalue weighted by Gasteiger charge is 2.23. The topological polar surface area (TPSA) is 32.3 Å². The van der Waals surface area contributed by atoms with E-state index in [2.05, 4.69) is 5.32 Å². The summed E-state index contributed by atoms with van der Waals surface area (Å²) in [6.07, 6.45) is -1.81. The van der Waals surface area contributed by atoms with Crippen molar-refractivity contribution in [2.75, 3.05) is 13.1 Å². The first kappa shape index (κ1) is 8.14. The Morgan fingerprint density at radius 2 is 2.12 bits per heavy atom. The van der Waals surface area contributed by atoms with Crippen LogP contribution in [-0.2, 0) is 0 Å². The van der Waals surface area contributed by atoms with Crippen LogP contribution >= 0.6 is 12.4 Å². The summed E-state index contributed by atoms with van der Waals surface area (Å²) in [5, 5.41) is 11.3. The van der Waals surface area contributed by atoms with Gasteiger partial charge < -0.3 is 10.4 Å². The maximum absolute atomic E-state index is 12.0. The Morgan fingerprint density at radius 3 is 2.25 bits per heavy atom. The predicted octanol–water partition coefficient (Wildman–Crippen LogP) is -0.290. The number of rotatable bonds is 0. The van der Waals surface area contributed by atoms with Gasteiger partial charge in [-0.15, -0.1) is 12.4 Å². The number of alkyl halides is 1. The van der Waals surface area contributed by atoms with E-state index in [0.717, 1.165) is 0 Å². The van der Waals surface area contributed by atoms with Gasteiger partial charge in [0.05, 0.1) is 6.10 Å². The van der Waals surface area contributed by atoms with Crippen molar-refractivity contribution < 1.29 is 9.50 Å². The van der Waals surface area contributed by atoms with Gasteiger partial charge in [0.1, 0.15) is 6.17 Å². The van der Waals surface area contributed by atoms with Crippen molar-refractivity contribution in [1.29, 1.82) is 0 Å². The lowest BCUT2D eigenvalue weighted by molar-refractivity contribution is 0.118. The van der Waals surface area contributed by atoms with Crippen molar-refractivity contribution >= 4 is 12.4 Å². The van der Waals surface area contributed by atoms with Gasteiger partial charge in [0, 0.05) is 13.1 Å². The van der Waals surface area contributed by atoms with Gasteiger partial charge in [-0.1, -0.05) is 0 Å². The third-order valence-electron chi connectivity index (χ3n) is 1.11. The largest absolute Gasteiger partial charge is 0.389 e. The lowest BCUT2D eigenvalue weighted by atomic mass is 10.3. The maximum Gasteiger partial charge on any atom is 0.139 e. The predicted molar refractivity (Wildman–Crippen MR) is 31.0 cm³/mol. The standard InChI is InChI=1S/C4H8FNO.ClH/c5-3-1-6-2-4(3)7;/h3-4,6-7H,1-2H2;1H/t3-,4-;/m1./s1. The van der Waals surface area contributed by atoms with Gasteiger partial charge >= 0.3 is 0 Å². The third kappa shape index (κ3) is 1.58. The van der Waals surface area contributed by atoms with Crippen LogP contribution in [0.25, 0.3) is 0 Å². The van der Waals surface area contributed by atoms with Gasteiger partial charge in [0.25, 0.3) is 0 Å². The van der Waals surface area contributed by atoms with E-state index in [1.165, 1.54) is 0 Å². The van der Waals surface area contributed by atoms with Gasteiger partial charge in [-0.25, -0.2) is 4.39 Å². The highest BCUT2D eigenvalue weighted by molar-refractivity contribution is 5.85. The summed E-state index contributed by atoms with van der Waals surface area (Å²) in [5.41, 5.74) is 0. The molecular formula is C4H9ClFNO. The molecule has 0 saturated carbocycles. The minimum absolute atomic E-state index is 0. The smallest absolute Gasteiger partial charge is 0.139 e. The lowest BCUT2D eigenvalue weighted by Crippen LogP contribution is -2.17. The molecule has 0 aliphatic carbocycles. The lowest BCUT2D eigenvalue weighted by Gasteiger charge is -1.98. The monoisotopic (exact) mass is 141 g/mol. The van der Waals surface area contributed by atoms with Crippen LogP contribution in [0, 0.1) is 0 Å². The quantitative estimate of drug-likeness (QED) is 0.486. The van der Waals surface area contributed by atoms with Gasteiger partial charge in [-0.3, -0.25) is 0 Å². The normalized spacial score (nSPS) is 36.8. The molecule has 1 fully saturated rings. The molecule has 4 heteroatoms. The Bertz CT molecular complexity index is 65.1. The van der Waals surface area contributed by atoms with Crippen LogP contribution in [0.3, 0.4) is 0 Å². The Morgan fingerprint density at radius 1 is 1.50 bits per heavy atom. The average molecular weight is 142 g/mol. The fourth-order valence-corrected chi connectivity index (χ4v) is 0.633. The maximum atomic E-state index is 12.0. The Balaban J connectivity index is 0.000000490. The van der Waals surface area contributed by atoms with Gasteiger partial charge in [0.15, 0.2) is 0 Å². The fourth-order valence-electron chi connectivity index (χ4n) is 0.633. The van der Waals surface area contributed by atoms with Crippen molar-refractivity contribution in [3.05, 3.63) is 0 Å². The molecule has 1 heterocycles. The van der Waals surface area contributed by atoms with E-state index in [1.807, 2.05) is 0 Å². The molecule has 2 atom stereocenters. The molecule has 0 spiro atoms. The number of halogens is 2. The number of aliphatic hydroxyl groups is 1. The second-order valence-corrected chi connectivity index (χ2v) is 1.74. The van der Waals surface area contributed by atoms with Crippen LogP contribution in [0.4, 0.5) is 4.39 Å². The summed E-state index contributed by atoms with van der Waals surface area (Å²) in [6.45, 7) is 0.711. The molecule has 0 unspecified atom stereocenters. The highest BCUT2D eigenvalue weighted by atomic mass is 35.5. The third-order valence-corrected chi connectivity index (χ3v) is 1.11. The zero-order valence-corrected chi connectivity index (χ0v) is 5.12. The second kappa shape index (κ2) is 3.22. The second-order valence-electron chi connectivity index (χ2n) is 1.74. The summed E-state index contributed by atoms with van der Waals surface area (Å²) in [4.78, 5) is 0. The number of nitrogens with one attached hydrogen (secondary N) is 1. The van der Waals surface area contributed by atoms with Gasteiger partial charge in [-0.2, -0.15) is 0 Å². The number of hydrogen-bond donors (Lipinski definition) is 2. The Labute approximate surface area is 53.5 Å². The summed E-state index contributed by atoms with van der Waals surface area (Å²) in [7, 11) is 0. The van der Waals surface area contributed by atoms with Crippen LogP contribution in [-0.4, -0.2) is 30.5 Å². The van der Waals surface area contributed by atoms with E-state index >= 15 is 0 Å². The molecule has 8 heavy (non-hydrogen) atoms. The minimum atomic E-state index is -1.04. The summed E-state index contributed by atoms with van der Waals surface area (Å²) in [5.74, 6) is 0.